The molecule has 0 N–H and O–H groups in total. The zero-order chi connectivity index (χ0) is 51.3. The summed E-state index contributed by atoms with van der Waals surface area (Å²) in [6.07, 6.45) is 1.03. The topological polar surface area (TPSA) is 12.5 Å². The highest BCUT2D eigenvalue weighted by molar-refractivity contribution is 7.98. The lowest BCUT2D eigenvalue weighted by Crippen LogP contribution is -2.24. The SMILES string of the molecule is CC(C)(C)c1ccc([S+](c2ccc(C(C)(C)C)cc2)C(F)(F)F)cc1.Cc1cc([S+](c2ccccc2)c2ccccc2)cc(C)c1OCCCN(C)C.FC(F)(F)[S+](c1ccccc1)c1ccccc1. The first-order valence-electron chi connectivity index (χ1n) is 23.1. The maximum Gasteiger partial charge on any atom is 0.586 e. The predicted molar refractivity (Wildman–Crippen MR) is 283 cm³/mol. The van der Waals surface area contributed by atoms with Gasteiger partial charge >= 0.3 is 11.0 Å². The van der Waals surface area contributed by atoms with Crippen LogP contribution >= 0.6 is 0 Å². The van der Waals surface area contributed by atoms with Crippen molar-refractivity contribution in [1.29, 1.82) is 0 Å². The van der Waals surface area contributed by atoms with Crippen LogP contribution in [0.4, 0.5) is 26.3 Å². The molecule has 0 aromatic heterocycles. The molecule has 2 nitrogen and oxygen atoms in total. The molecule has 0 aliphatic carbocycles. The Morgan fingerprint density at radius 2 is 0.714 bits per heavy atom. The molecule has 370 valence electrons. The lowest BCUT2D eigenvalue weighted by Gasteiger charge is -2.20. The number of ether oxygens (including phenoxy) is 1. The Kier molecular flexibility index (Phi) is 19.8. The van der Waals surface area contributed by atoms with Crippen LogP contribution in [0.1, 0.15) is 70.2 Å². The van der Waals surface area contributed by atoms with Gasteiger partial charge in [0.15, 0.2) is 56.1 Å². The van der Waals surface area contributed by atoms with E-state index in [4.69, 9.17) is 4.74 Å². The van der Waals surface area contributed by atoms with Crippen LogP contribution < -0.4 is 4.74 Å². The quantitative estimate of drug-likeness (QED) is 0.0687. The van der Waals surface area contributed by atoms with Gasteiger partial charge in [0.05, 0.1) is 17.5 Å². The van der Waals surface area contributed by atoms with Crippen molar-refractivity contribution in [2.75, 3.05) is 27.2 Å². The van der Waals surface area contributed by atoms with E-state index in [1.165, 1.54) is 50.1 Å². The van der Waals surface area contributed by atoms with E-state index in [0.717, 1.165) is 36.4 Å². The van der Waals surface area contributed by atoms with Crippen LogP contribution in [0.15, 0.2) is 216 Å². The Morgan fingerprint density at radius 3 is 1.00 bits per heavy atom. The largest absolute Gasteiger partial charge is 0.586 e. The second kappa shape index (κ2) is 24.9. The lowest BCUT2D eigenvalue weighted by molar-refractivity contribution is -0.0379. The standard InChI is InChI=1S/C25H30NOS.C21H26F3S.C13H10F3S/c1-20-18-24(19-21(2)25(20)27-17-11-16-26(3)4)28(22-12-7-5-8-13-22)23-14-9-6-10-15-23;1-19(2,3)15-7-11-17(12-8-15)25(21(22,23)24)18-13-9-16(10-14-18)20(4,5)6;14-13(15,16)17(11-7-3-1-4-8-11)12-9-5-2-6-10-12/h5-10,12-15,18-19H,11,16-17H2,1-4H3;7-14H,1-6H3;1-10H/q3*+1. The van der Waals surface area contributed by atoms with Gasteiger partial charge in [0.25, 0.3) is 0 Å². The molecule has 0 spiro atoms. The van der Waals surface area contributed by atoms with E-state index >= 15 is 0 Å². The summed E-state index contributed by atoms with van der Waals surface area (Å²) in [6, 6.07) is 55.9. The highest BCUT2D eigenvalue weighted by Crippen LogP contribution is 2.41. The van der Waals surface area contributed by atoms with Crippen molar-refractivity contribution in [3.05, 3.63) is 204 Å². The van der Waals surface area contributed by atoms with Crippen molar-refractivity contribution in [1.82, 2.24) is 4.90 Å². The van der Waals surface area contributed by atoms with Crippen LogP contribution in [0.3, 0.4) is 0 Å². The van der Waals surface area contributed by atoms with E-state index in [2.05, 4.69) is 147 Å². The molecule has 0 unspecified atom stereocenters. The second-order valence-electron chi connectivity index (χ2n) is 19.0. The first kappa shape index (κ1) is 55.9. The minimum atomic E-state index is -4.30. The van der Waals surface area contributed by atoms with Crippen LogP contribution in [0.25, 0.3) is 0 Å². The number of hydrogen-bond donors (Lipinski definition) is 0. The number of halogens is 6. The Morgan fingerprint density at radius 1 is 0.414 bits per heavy atom. The van der Waals surface area contributed by atoms with Crippen molar-refractivity contribution in [3.63, 3.8) is 0 Å². The summed E-state index contributed by atoms with van der Waals surface area (Å²) < 4.78 is 86.8. The molecule has 7 aromatic rings. The Labute approximate surface area is 421 Å². The van der Waals surface area contributed by atoms with Crippen molar-refractivity contribution in [2.45, 2.75) is 118 Å². The molecular weight excluding hydrogens is 949 g/mol. The van der Waals surface area contributed by atoms with Gasteiger partial charge in [-0.15, -0.1) is 26.3 Å². The molecule has 7 aromatic carbocycles. The minimum Gasteiger partial charge on any atom is -0.493 e. The molecule has 0 bridgehead atoms. The second-order valence-corrected chi connectivity index (χ2v) is 25.1. The van der Waals surface area contributed by atoms with Gasteiger partial charge in [-0.1, -0.05) is 139 Å². The highest BCUT2D eigenvalue weighted by atomic mass is 32.2. The number of rotatable bonds is 12. The summed E-state index contributed by atoms with van der Waals surface area (Å²) in [5.74, 6) is 1.03. The first-order chi connectivity index (χ1) is 32.9. The maximum atomic E-state index is 13.8. The minimum absolute atomic E-state index is 0.0796. The Bertz CT molecular complexity index is 2470. The van der Waals surface area contributed by atoms with Crippen molar-refractivity contribution in [3.8, 4) is 5.75 Å². The summed E-state index contributed by atoms with van der Waals surface area (Å²) in [6.45, 7) is 18.4. The average molecular weight is 1020 g/mol. The molecule has 0 saturated heterocycles. The van der Waals surface area contributed by atoms with Crippen LogP contribution in [-0.4, -0.2) is 43.2 Å². The molecule has 0 aliphatic rings. The lowest BCUT2D eigenvalue weighted by atomic mass is 9.87. The van der Waals surface area contributed by atoms with Gasteiger partial charge in [0.1, 0.15) is 5.75 Å². The Balaban J connectivity index is 0.000000201. The molecule has 0 radical (unpaired) electrons. The number of benzene rings is 7. The molecule has 11 heteroatoms. The fourth-order valence-electron chi connectivity index (χ4n) is 7.43. The number of alkyl halides is 6. The first-order valence-corrected chi connectivity index (χ1v) is 26.8. The van der Waals surface area contributed by atoms with E-state index in [-0.39, 0.29) is 21.7 Å². The smallest absolute Gasteiger partial charge is 0.493 e. The number of aryl methyl sites for hydroxylation is 2. The number of nitrogens with zero attached hydrogens (tertiary/aromatic N) is 1. The molecule has 0 aliphatic heterocycles. The van der Waals surface area contributed by atoms with Gasteiger partial charge in [-0.05, 0) is 140 Å². The number of hydrogen-bond acceptors (Lipinski definition) is 2. The van der Waals surface area contributed by atoms with Gasteiger partial charge in [0, 0.05) is 18.7 Å². The molecule has 0 fully saturated rings. The van der Waals surface area contributed by atoms with E-state index in [1.54, 1.807) is 60.7 Å². The van der Waals surface area contributed by atoms with Crippen LogP contribution in [0.5, 0.6) is 5.75 Å². The van der Waals surface area contributed by atoms with Gasteiger partial charge in [-0.25, -0.2) is 0 Å². The summed E-state index contributed by atoms with van der Waals surface area (Å²) in [7, 11) is 0.267. The van der Waals surface area contributed by atoms with E-state index in [0.29, 0.717) is 19.6 Å². The molecule has 0 atom stereocenters. The van der Waals surface area contributed by atoms with Crippen LogP contribution in [0.2, 0.25) is 0 Å². The third-order valence-electron chi connectivity index (χ3n) is 11.0. The van der Waals surface area contributed by atoms with Gasteiger partial charge in [-0.2, -0.15) is 0 Å². The fourth-order valence-corrected chi connectivity index (χ4v) is 13.0. The van der Waals surface area contributed by atoms with Gasteiger partial charge < -0.3 is 9.64 Å². The summed E-state index contributed by atoms with van der Waals surface area (Å²) >= 11 is 0. The van der Waals surface area contributed by atoms with Gasteiger partial charge in [-0.3, -0.25) is 0 Å². The van der Waals surface area contributed by atoms with Crippen molar-refractivity contribution < 1.29 is 31.1 Å². The predicted octanol–water partition coefficient (Wildman–Crippen LogP) is 16.8. The molecule has 7 rings (SSSR count). The zero-order valence-electron chi connectivity index (χ0n) is 41.8. The van der Waals surface area contributed by atoms with Crippen LogP contribution in [0, 0.1) is 13.8 Å². The van der Waals surface area contributed by atoms with Crippen molar-refractivity contribution >= 4 is 32.7 Å². The maximum absolute atomic E-state index is 13.8. The normalized spacial score (nSPS) is 12.1. The molecule has 0 saturated carbocycles. The average Bonchev–Trinajstić information content (AvgIpc) is 3.29. The molecule has 70 heavy (non-hydrogen) atoms. The summed E-state index contributed by atoms with van der Waals surface area (Å²) in [5.41, 5.74) is -4.22. The molecule has 0 heterocycles. The monoisotopic (exact) mass is 1010 g/mol. The van der Waals surface area contributed by atoms with E-state index in [1.807, 2.05) is 24.3 Å². The highest BCUT2D eigenvalue weighted by Gasteiger charge is 2.55. The molecule has 0 amide bonds. The van der Waals surface area contributed by atoms with E-state index in [9.17, 15) is 26.3 Å². The van der Waals surface area contributed by atoms with E-state index < -0.39 is 32.8 Å². The third-order valence-corrected chi connectivity index (χ3v) is 17.1. The van der Waals surface area contributed by atoms with Crippen LogP contribution in [-0.2, 0) is 43.5 Å². The summed E-state index contributed by atoms with van der Waals surface area (Å²) in [5, 5.41) is 0. The Hall–Kier alpha value is -5.07. The fraction of sp³-hybridized carbons (Fsp3) is 0.288. The molecular formula is C59H66F6NOS3+3. The van der Waals surface area contributed by atoms with Gasteiger partial charge in [0.2, 0.25) is 0 Å². The third kappa shape index (κ3) is 16.2. The zero-order valence-corrected chi connectivity index (χ0v) is 44.2. The van der Waals surface area contributed by atoms with Crippen molar-refractivity contribution in [2.24, 2.45) is 0 Å². The summed E-state index contributed by atoms with van der Waals surface area (Å²) in [4.78, 5) is 7.43.